The smallest absolute Gasteiger partial charge is 0.326 e. The molecule has 0 amide bonds. The van der Waals surface area contributed by atoms with E-state index in [4.69, 9.17) is 0 Å². The molecule has 0 radical (unpaired) electrons. The topological polar surface area (TPSA) is 92.4 Å². The zero-order valence-corrected chi connectivity index (χ0v) is 11.9. The van der Waals surface area contributed by atoms with Crippen molar-refractivity contribution < 1.29 is 9.90 Å². The fourth-order valence-corrected chi connectivity index (χ4v) is 2.00. The van der Waals surface area contributed by atoms with Gasteiger partial charge in [0.05, 0.1) is 0 Å². The highest BCUT2D eigenvalue weighted by atomic mass is 16.4. The molecule has 2 aromatic rings. The van der Waals surface area contributed by atoms with Crippen molar-refractivity contribution in [2.24, 2.45) is 5.92 Å². The third kappa shape index (κ3) is 3.04. The van der Waals surface area contributed by atoms with Crippen molar-refractivity contribution in [3.63, 3.8) is 0 Å². The van der Waals surface area contributed by atoms with E-state index in [2.05, 4.69) is 20.6 Å². The van der Waals surface area contributed by atoms with Gasteiger partial charge in [-0.15, -0.1) is 15.3 Å². The van der Waals surface area contributed by atoms with Crippen LogP contribution in [-0.2, 0) is 11.2 Å². The molecule has 0 bridgehead atoms. The SMILES string of the molecule is CCc1nnc2ccc(N[C@H](CC(C)C)C(=O)O)nn12. The maximum atomic E-state index is 11.3. The van der Waals surface area contributed by atoms with Crippen LogP contribution in [0.2, 0.25) is 0 Å². The van der Waals surface area contributed by atoms with Gasteiger partial charge in [0.25, 0.3) is 0 Å². The van der Waals surface area contributed by atoms with Crippen molar-refractivity contribution in [1.82, 2.24) is 19.8 Å². The number of nitrogens with one attached hydrogen (secondary N) is 1. The lowest BCUT2D eigenvalue weighted by atomic mass is 10.0. The summed E-state index contributed by atoms with van der Waals surface area (Å²) in [4.78, 5) is 11.3. The average molecular weight is 277 g/mol. The van der Waals surface area contributed by atoms with Gasteiger partial charge in [-0.3, -0.25) is 0 Å². The number of hydrogen-bond acceptors (Lipinski definition) is 5. The highest BCUT2D eigenvalue weighted by molar-refractivity contribution is 5.76. The molecule has 0 aromatic carbocycles. The minimum absolute atomic E-state index is 0.286. The number of hydrogen-bond donors (Lipinski definition) is 2. The quantitative estimate of drug-likeness (QED) is 0.833. The number of fused-ring (bicyclic) bond motifs is 1. The van der Waals surface area contributed by atoms with Crippen LogP contribution in [0, 0.1) is 5.92 Å². The van der Waals surface area contributed by atoms with Crippen molar-refractivity contribution in [1.29, 1.82) is 0 Å². The van der Waals surface area contributed by atoms with E-state index < -0.39 is 12.0 Å². The van der Waals surface area contributed by atoms with Gasteiger partial charge >= 0.3 is 5.97 Å². The number of carboxylic acid groups (broad SMARTS) is 1. The molecule has 0 unspecified atom stereocenters. The number of aliphatic carboxylic acids is 1. The van der Waals surface area contributed by atoms with Crippen LogP contribution in [0.25, 0.3) is 5.65 Å². The normalized spacial score (nSPS) is 12.8. The first kappa shape index (κ1) is 14.2. The highest BCUT2D eigenvalue weighted by Crippen LogP contribution is 2.13. The van der Waals surface area contributed by atoms with Gasteiger partial charge < -0.3 is 10.4 Å². The Morgan fingerprint density at radius 1 is 1.40 bits per heavy atom. The predicted octanol–water partition coefficient (Wildman–Crippen LogP) is 1.60. The third-order valence-corrected chi connectivity index (χ3v) is 2.97. The summed E-state index contributed by atoms with van der Waals surface area (Å²) in [5.41, 5.74) is 0.656. The molecule has 20 heavy (non-hydrogen) atoms. The second-order valence-corrected chi connectivity index (χ2v) is 5.12. The summed E-state index contributed by atoms with van der Waals surface area (Å²) in [6.45, 7) is 5.95. The van der Waals surface area contributed by atoms with Gasteiger partial charge in [-0.25, -0.2) is 4.79 Å². The second-order valence-electron chi connectivity index (χ2n) is 5.12. The Balaban J connectivity index is 2.25. The number of aryl methyl sites for hydroxylation is 1. The van der Waals surface area contributed by atoms with Crippen LogP contribution in [0.3, 0.4) is 0 Å². The lowest BCUT2D eigenvalue weighted by Gasteiger charge is -2.16. The highest BCUT2D eigenvalue weighted by Gasteiger charge is 2.19. The van der Waals surface area contributed by atoms with E-state index in [0.29, 0.717) is 24.3 Å². The third-order valence-electron chi connectivity index (χ3n) is 2.97. The van der Waals surface area contributed by atoms with Crippen LogP contribution in [0.4, 0.5) is 5.82 Å². The summed E-state index contributed by atoms with van der Waals surface area (Å²) in [6, 6.07) is 2.84. The zero-order valence-electron chi connectivity index (χ0n) is 11.9. The maximum absolute atomic E-state index is 11.3. The van der Waals surface area contributed by atoms with Crippen LogP contribution >= 0.6 is 0 Å². The summed E-state index contributed by atoms with van der Waals surface area (Å²) in [6.07, 6.45) is 1.25. The minimum Gasteiger partial charge on any atom is -0.480 e. The Kier molecular flexibility index (Phi) is 4.16. The van der Waals surface area contributed by atoms with Crippen LogP contribution in [-0.4, -0.2) is 36.9 Å². The van der Waals surface area contributed by atoms with Gasteiger partial charge in [0, 0.05) is 6.42 Å². The first-order valence-electron chi connectivity index (χ1n) is 6.72. The van der Waals surface area contributed by atoms with Crippen molar-refractivity contribution in [2.45, 2.75) is 39.7 Å². The van der Waals surface area contributed by atoms with Gasteiger partial charge in [-0.05, 0) is 24.5 Å². The lowest BCUT2D eigenvalue weighted by Crippen LogP contribution is -2.31. The molecule has 7 heteroatoms. The largest absolute Gasteiger partial charge is 0.480 e. The van der Waals surface area contributed by atoms with E-state index in [1.165, 1.54) is 0 Å². The Morgan fingerprint density at radius 3 is 2.75 bits per heavy atom. The fourth-order valence-electron chi connectivity index (χ4n) is 2.00. The standard InChI is InChI=1S/C13H19N5O2/c1-4-11-15-16-12-6-5-10(17-18(11)12)14-9(13(19)20)7-8(2)3/h5-6,8-9H,4,7H2,1-3H3,(H,14,17)(H,19,20)/t9-/m1/s1. The number of anilines is 1. The second kappa shape index (κ2) is 5.85. The number of aromatic nitrogens is 4. The molecule has 2 heterocycles. The zero-order chi connectivity index (χ0) is 14.7. The number of nitrogens with zero attached hydrogens (tertiary/aromatic N) is 4. The molecule has 0 aliphatic rings. The van der Waals surface area contributed by atoms with E-state index in [-0.39, 0.29) is 5.92 Å². The molecule has 7 nitrogen and oxygen atoms in total. The van der Waals surface area contributed by atoms with E-state index >= 15 is 0 Å². The van der Waals surface area contributed by atoms with Crippen molar-refractivity contribution in [2.75, 3.05) is 5.32 Å². The van der Waals surface area contributed by atoms with Crippen LogP contribution in [0.1, 0.15) is 33.0 Å². The molecule has 0 spiro atoms. The van der Waals surface area contributed by atoms with Crippen LogP contribution in [0.5, 0.6) is 0 Å². The molecule has 2 N–H and O–H groups in total. The maximum Gasteiger partial charge on any atom is 0.326 e. The molecule has 2 rings (SSSR count). The fraction of sp³-hybridized carbons (Fsp3) is 0.538. The van der Waals surface area contributed by atoms with Crippen LogP contribution in [0.15, 0.2) is 12.1 Å². The molecular formula is C13H19N5O2. The Hall–Kier alpha value is -2.18. The minimum atomic E-state index is -0.875. The molecule has 0 aliphatic heterocycles. The molecule has 0 fully saturated rings. The van der Waals surface area contributed by atoms with Gasteiger partial charge in [0.15, 0.2) is 11.5 Å². The van der Waals surface area contributed by atoms with E-state index in [0.717, 1.165) is 5.82 Å². The molecule has 108 valence electrons. The molecule has 0 saturated heterocycles. The summed E-state index contributed by atoms with van der Waals surface area (Å²) in [5.74, 6) is 0.674. The summed E-state index contributed by atoms with van der Waals surface area (Å²) in [7, 11) is 0. The predicted molar refractivity (Wildman–Crippen MR) is 74.7 cm³/mol. The van der Waals surface area contributed by atoms with E-state index in [9.17, 15) is 9.90 Å². The Labute approximate surface area is 117 Å². The molecule has 0 saturated carbocycles. The number of rotatable bonds is 6. The average Bonchev–Trinajstić information content (AvgIpc) is 2.79. The number of carbonyl (C=O) groups is 1. The first-order valence-corrected chi connectivity index (χ1v) is 6.72. The summed E-state index contributed by atoms with van der Waals surface area (Å²) >= 11 is 0. The van der Waals surface area contributed by atoms with Gasteiger partial charge in [-0.1, -0.05) is 20.8 Å². The Morgan fingerprint density at radius 2 is 2.15 bits per heavy atom. The molecular weight excluding hydrogens is 258 g/mol. The van der Waals surface area contributed by atoms with Crippen molar-refractivity contribution >= 4 is 17.4 Å². The summed E-state index contributed by atoms with van der Waals surface area (Å²) in [5, 5.41) is 24.6. The van der Waals surface area contributed by atoms with Crippen LogP contribution < -0.4 is 5.32 Å². The molecule has 0 aliphatic carbocycles. The van der Waals surface area contributed by atoms with Gasteiger partial charge in [-0.2, -0.15) is 4.52 Å². The number of carboxylic acids is 1. The van der Waals surface area contributed by atoms with Crippen molar-refractivity contribution in [3.8, 4) is 0 Å². The van der Waals surface area contributed by atoms with Gasteiger partial charge in [0.1, 0.15) is 11.9 Å². The molecule has 1 atom stereocenters. The Bertz CT molecular complexity index is 608. The van der Waals surface area contributed by atoms with Crippen molar-refractivity contribution in [3.05, 3.63) is 18.0 Å². The van der Waals surface area contributed by atoms with E-state index in [1.54, 1.807) is 16.6 Å². The van der Waals surface area contributed by atoms with E-state index in [1.807, 2.05) is 20.8 Å². The first-order chi connectivity index (χ1) is 9.51. The van der Waals surface area contributed by atoms with Gasteiger partial charge in [0.2, 0.25) is 0 Å². The summed E-state index contributed by atoms with van der Waals surface area (Å²) < 4.78 is 1.64. The lowest BCUT2D eigenvalue weighted by molar-refractivity contribution is -0.138. The monoisotopic (exact) mass is 277 g/mol. The molecule has 2 aromatic heterocycles.